The van der Waals surface area contributed by atoms with E-state index < -0.39 is 0 Å². The largest absolute Gasteiger partial charge is 0.376 e. The van der Waals surface area contributed by atoms with Crippen molar-refractivity contribution in [2.75, 3.05) is 6.61 Å². The first-order valence-electron chi connectivity index (χ1n) is 5.50. The second-order valence-corrected chi connectivity index (χ2v) is 4.67. The first kappa shape index (κ1) is 10.1. The van der Waals surface area contributed by atoms with Gasteiger partial charge in [-0.15, -0.1) is 0 Å². The maximum Gasteiger partial charge on any atom is 0.147 e. The maximum absolute atomic E-state index is 9.10. The molecule has 2 heterocycles. The van der Waals surface area contributed by atoms with Crippen molar-refractivity contribution in [3.8, 4) is 6.07 Å². The molecule has 0 N–H and O–H groups in total. The Bertz CT molecular complexity index is 489. The first-order valence-corrected chi connectivity index (χ1v) is 5.88. The van der Waals surface area contributed by atoms with Gasteiger partial charge in [-0.3, -0.25) is 0 Å². The maximum atomic E-state index is 9.10. The number of hydrogen-bond donors (Lipinski definition) is 0. The van der Waals surface area contributed by atoms with Gasteiger partial charge in [0.1, 0.15) is 11.2 Å². The van der Waals surface area contributed by atoms with Crippen LogP contribution in [-0.2, 0) is 17.8 Å². The standard InChI is InChI=1S/C12H11ClN2O/c13-12-9(5-14)8-3-4-16-6-10(8)11(15-12)7-1-2-7/h7H,1-4,6H2. The van der Waals surface area contributed by atoms with Crippen molar-refractivity contribution in [2.45, 2.75) is 31.8 Å². The average Bonchev–Trinajstić information content (AvgIpc) is 3.12. The normalized spacial score (nSPS) is 19.0. The van der Waals surface area contributed by atoms with Crippen LogP contribution in [0.25, 0.3) is 0 Å². The number of nitriles is 1. The van der Waals surface area contributed by atoms with Crippen LogP contribution >= 0.6 is 11.6 Å². The SMILES string of the molecule is N#Cc1c(Cl)nc(C2CC2)c2c1CCOC2. The molecule has 1 fully saturated rings. The fraction of sp³-hybridized carbons (Fsp3) is 0.500. The van der Waals surface area contributed by atoms with Crippen LogP contribution in [0, 0.1) is 11.3 Å². The van der Waals surface area contributed by atoms with Gasteiger partial charge in [0.05, 0.1) is 24.5 Å². The molecule has 0 amide bonds. The highest BCUT2D eigenvalue weighted by Gasteiger charge is 2.31. The van der Waals surface area contributed by atoms with Crippen molar-refractivity contribution < 1.29 is 4.74 Å². The van der Waals surface area contributed by atoms with Crippen molar-refractivity contribution in [1.29, 1.82) is 5.26 Å². The molecule has 2 aliphatic rings. The Labute approximate surface area is 99.0 Å². The van der Waals surface area contributed by atoms with E-state index in [1.54, 1.807) is 0 Å². The summed E-state index contributed by atoms with van der Waals surface area (Å²) in [5.41, 5.74) is 3.80. The zero-order valence-electron chi connectivity index (χ0n) is 8.79. The van der Waals surface area contributed by atoms with E-state index >= 15 is 0 Å². The van der Waals surface area contributed by atoms with E-state index in [-0.39, 0.29) is 0 Å². The molecule has 1 aromatic heterocycles. The Kier molecular flexibility index (Phi) is 2.34. The van der Waals surface area contributed by atoms with E-state index in [4.69, 9.17) is 21.6 Å². The van der Waals surface area contributed by atoms with Gasteiger partial charge in [-0.25, -0.2) is 4.98 Å². The Morgan fingerprint density at radius 3 is 2.88 bits per heavy atom. The van der Waals surface area contributed by atoms with Crippen molar-refractivity contribution in [3.63, 3.8) is 0 Å². The van der Waals surface area contributed by atoms with E-state index in [9.17, 15) is 0 Å². The lowest BCUT2D eigenvalue weighted by atomic mass is 9.96. The van der Waals surface area contributed by atoms with Crippen LogP contribution in [0.4, 0.5) is 0 Å². The summed E-state index contributed by atoms with van der Waals surface area (Å²) >= 11 is 6.06. The Hall–Kier alpha value is -1.11. The molecule has 0 atom stereocenters. The number of aromatic nitrogens is 1. The third kappa shape index (κ3) is 1.50. The van der Waals surface area contributed by atoms with E-state index in [0.29, 0.717) is 29.8 Å². The number of hydrogen-bond acceptors (Lipinski definition) is 3. The summed E-state index contributed by atoms with van der Waals surface area (Å²) in [6.45, 7) is 1.26. The Morgan fingerprint density at radius 1 is 1.38 bits per heavy atom. The molecule has 1 aromatic rings. The van der Waals surface area contributed by atoms with Gasteiger partial charge in [-0.05, 0) is 24.8 Å². The monoisotopic (exact) mass is 234 g/mol. The van der Waals surface area contributed by atoms with Gasteiger partial charge < -0.3 is 4.74 Å². The molecular formula is C12H11ClN2O. The van der Waals surface area contributed by atoms with Crippen molar-refractivity contribution in [3.05, 3.63) is 27.5 Å². The molecule has 0 spiro atoms. The fourth-order valence-electron chi connectivity index (χ4n) is 2.25. The number of ether oxygens (including phenoxy) is 1. The molecule has 0 unspecified atom stereocenters. The summed E-state index contributed by atoms with van der Waals surface area (Å²) in [6.07, 6.45) is 3.14. The highest BCUT2D eigenvalue weighted by atomic mass is 35.5. The average molecular weight is 235 g/mol. The minimum Gasteiger partial charge on any atom is -0.376 e. The highest BCUT2D eigenvalue weighted by Crippen LogP contribution is 2.43. The smallest absolute Gasteiger partial charge is 0.147 e. The van der Waals surface area contributed by atoms with Gasteiger partial charge in [-0.2, -0.15) is 5.26 Å². The van der Waals surface area contributed by atoms with Crippen LogP contribution < -0.4 is 0 Å². The van der Waals surface area contributed by atoms with E-state index in [0.717, 1.165) is 23.2 Å². The second-order valence-electron chi connectivity index (χ2n) is 4.31. The topological polar surface area (TPSA) is 45.9 Å². The summed E-state index contributed by atoms with van der Waals surface area (Å²) < 4.78 is 5.46. The molecule has 16 heavy (non-hydrogen) atoms. The lowest BCUT2D eigenvalue weighted by molar-refractivity contribution is 0.109. The summed E-state index contributed by atoms with van der Waals surface area (Å²) in [4.78, 5) is 4.38. The van der Waals surface area contributed by atoms with Crippen LogP contribution in [0.5, 0.6) is 0 Å². The predicted molar refractivity (Wildman–Crippen MR) is 59.3 cm³/mol. The molecule has 0 aromatic carbocycles. The number of nitrogens with zero attached hydrogens (tertiary/aromatic N) is 2. The van der Waals surface area contributed by atoms with E-state index in [1.165, 1.54) is 12.8 Å². The molecule has 1 aliphatic carbocycles. The summed E-state index contributed by atoms with van der Waals surface area (Å²) in [6, 6.07) is 2.16. The second kappa shape index (κ2) is 3.73. The van der Waals surface area contributed by atoms with Crippen molar-refractivity contribution in [1.82, 2.24) is 4.98 Å². The molecule has 4 heteroatoms. The number of fused-ring (bicyclic) bond motifs is 1. The molecule has 0 radical (unpaired) electrons. The fourth-order valence-corrected chi connectivity index (χ4v) is 2.50. The van der Waals surface area contributed by atoms with Gasteiger partial charge in [-0.1, -0.05) is 11.6 Å². The Balaban J connectivity index is 2.22. The number of pyridine rings is 1. The quantitative estimate of drug-likeness (QED) is 0.702. The van der Waals surface area contributed by atoms with Gasteiger partial charge in [0.15, 0.2) is 0 Å². The van der Waals surface area contributed by atoms with Crippen LogP contribution in [0.15, 0.2) is 0 Å². The van der Waals surface area contributed by atoms with E-state index in [1.807, 2.05) is 0 Å². The minimum absolute atomic E-state index is 0.366. The van der Waals surface area contributed by atoms with Gasteiger partial charge in [0.25, 0.3) is 0 Å². The zero-order valence-corrected chi connectivity index (χ0v) is 9.55. The molecule has 0 saturated heterocycles. The molecular weight excluding hydrogens is 224 g/mol. The van der Waals surface area contributed by atoms with Gasteiger partial charge >= 0.3 is 0 Å². The summed E-state index contributed by atoms with van der Waals surface area (Å²) in [5, 5.41) is 9.47. The number of rotatable bonds is 1. The van der Waals surface area contributed by atoms with Crippen molar-refractivity contribution >= 4 is 11.6 Å². The predicted octanol–water partition coefficient (Wildman–Crippen LogP) is 2.56. The summed E-state index contributed by atoms with van der Waals surface area (Å²) in [7, 11) is 0. The zero-order chi connectivity index (χ0) is 11.1. The molecule has 1 aliphatic heterocycles. The molecule has 1 saturated carbocycles. The summed E-state index contributed by atoms with van der Waals surface area (Å²) in [5.74, 6) is 0.542. The molecule has 3 nitrogen and oxygen atoms in total. The third-order valence-electron chi connectivity index (χ3n) is 3.22. The lowest BCUT2D eigenvalue weighted by Gasteiger charge is -2.20. The first-order chi connectivity index (χ1) is 7.81. The van der Waals surface area contributed by atoms with Crippen LogP contribution in [0.3, 0.4) is 0 Å². The third-order valence-corrected chi connectivity index (χ3v) is 3.49. The Morgan fingerprint density at radius 2 is 2.19 bits per heavy atom. The highest BCUT2D eigenvalue weighted by molar-refractivity contribution is 6.30. The lowest BCUT2D eigenvalue weighted by Crippen LogP contribution is -2.15. The van der Waals surface area contributed by atoms with Crippen molar-refractivity contribution in [2.24, 2.45) is 0 Å². The minimum atomic E-state index is 0.366. The van der Waals surface area contributed by atoms with Gasteiger partial charge in [0.2, 0.25) is 0 Å². The van der Waals surface area contributed by atoms with Crippen LogP contribution in [0.2, 0.25) is 5.15 Å². The van der Waals surface area contributed by atoms with E-state index in [2.05, 4.69) is 11.1 Å². The van der Waals surface area contributed by atoms with Gasteiger partial charge in [0, 0.05) is 11.5 Å². The number of halogens is 1. The molecule has 82 valence electrons. The van der Waals surface area contributed by atoms with Crippen LogP contribution in [0.1, 0.15) is 41.1 Å². The molecule has 3 rings (SSSR count). The molecule has 0 bridgehead atoms. The van der Waals surface area contributed by atoms with Crippen LogP contribution in [-0.4, -0.2) is 11.6 Å².